The molecule has 0 saturated carbocycles. The molecule has 1 aliphatic rings. The van der Waals surface area contributed by atoms with Gasteiger partial charge in [-0.05, 0) is 30.7 Å². The molecule has 0 saturated heterocycles. The van der Waals surface area contributed by atoms with Crippen molar-refractivity contribution < 1.29 is 18.0 Å². The van der Waals surface area contributed by atoms with Gasteiger partial charge in [-0.2, -0.15) is 13.2 Å². The second-order valence-corrected chi connectivity index (χ2v) is 4.90. The van der Waals surface area contributed by atoms with Gasteiger partial charge in [-0.3, -0.25) is 9.69 Å². The highest BCUT2D eigenvalue weighted by Gasteiger charge is 2.34. The lowest BCUT2D eigenvalue weighted by atomic mass is 10.1. The van der Waals surface area contributed by atoms with E-state index in [-0.39, 0.29) is 24.0 Å². The van der Waals surface area contributed by atoms with Crippen LogP contribution in [0.2, 0.25) is 0 Å². The molecule has 1 amide bonds. The molecular formula is C15H11F3N2O. The van der Waals surface area contributed by atoms with Gasteiger partial charge in [0.05, 0.1) is 12.1 Å². The molecule has 2 aromatic rings. The largest absolute Gasteiger partial charge is 0.416 e. The summed E-state index contributed by atoms with van der Waals surface area (Å²) in [4.78, 5) is 17.6. The molecule has 0 fully saturated rings. The predicted molar refractivity (Wildman–Crippen MR) is 70.9 cm³/mol. The number of hydrogen-bond acceptors (Lipinski definition) is 2. The number of carbonyl (C=O) groups excluding carboxylic acids is 1. The molecule has 0 radical (unpaired) electrons. The van der Waals surface area contributed by atoms with Crippen LogP contribution in [0.25, 0.3) is 0 Å². The number of fused-ring (bicyclic) bond motifs is 1. The van der Waals surface area contributed by atoms with Gasteiger partial charge >= 0.3 is 6.18 Å². The molecule has 1 aromatic carbocycles. The Hall–Kier alpha value is -2.37. The molecule has 0 spiro atoms. The topological polar surface area (TPSA) is 33.2 Å². The zero-order valence-electron chi connectivity index (χ0n) is 11.1. The third-order valence-corrected chi connectivity index (χ3v) is 3.37. The quantitative estimate of drug-likeness (QED) is 0.805. The first kappa shape index (κ1) is 13.6. The third-order valence-electron chi connectivity index (χ3n) is 3.37. The van der Waals surface area contributed by atoms with Gasteiger partial charge in [0.2, 0.25) is 0 Å². The van der Waals surface area contributed by atoms with E-state index >= 15 is 0 Å². The van der Waals surface area contributed by atoms with Crippen LogP contribution < -0.4 is 4.90 Å². The number of amides is 1. The fourth-order valence-corrected chi connectivity index (χ4v) is 2.39. The molecule has 6 heteroatoms. The summed E-state index contributed by atoms with van der Waals surface area (Å²) in [5.41, 5.74) is 0.728. The Kier molecular flexibility index (Phi) is 2.97. The number of rotatable bonds is 1. The van der Waals surface area contributed by atoms with Crippen molar-refractivity contribution in [2.24, 2.45) is 0 Å². The Morgan fingerprint density at radius 1 is 1.19 bits per heavy atom. The minimum atomic E-state index is -4.46. The van der Waals surface area contributed by atoms with E-state index in [0.29, 0.717) is 5.56 Å². The fourth-order valence-electron chi connectivity index (χ4n) is 2.39. The highest BCUT2D eigenvalue weighted by molar-refractivity contribution is 6.09. The lowest BCUT2D eigenvalue weighted by Crippen LogP contribution is -2.25. The summed E-state index contributed by atoms with van der Waals surface area (Å²) in [6.07, 6.45) is -4.46. The number of aromatic nitrogens is 1. The summed E-state index contributed by atoms with van der Waals surface area (Å²) in [5.74, 6) is -0.291. The molecule has 108 valence electrons. The van der Waals surface area contributed by atoms with Gasteiger partial charge in [-0.25, -0.2) is 4.98 Å². The van der Waals surface area contributed by atoms with Gasteiger partial charge in [-0.1, -0.05) is 18.2 Å². The van der Waals surface area contributed by atoms with Crippen molar-refractivity contribution in [1.29, 1.82) is 0 Å². The first-order valence-electron chi connectivity index (χ1n) is 6.32. The highest BCUT2D eigenvalue weighted by Crippen LogP contribution is 2.34. The van der Waals surface area contributed by atoms with E-state index in [1.165, 1.54) is 11.8 Å². The van der Waals surface area contributed by atoms with E-state index < -0.39 is 11.7 Å². The Bertz CT molecular complexity index is 725. The van der Waals surface area contributed by atoms with Gasteiger partial charge in [-0.15, -0.1) is 0 Å². The number of benzene rings is 1. The zero-order chi connectivity index (χ0) is 15.2. The van der Waals surface area contributed by atoms with Gasteiger partial charge in [0.25, 0.3) is 5.91 Å². The average molecular weight is 292 g/mol. The Morgan fingerprint density at radius 3 is 2.57 bits per heavy atom. The van der Waals surface area contributed by atoms with Crippen molar-refractivity contribution in [3.05, 3.63) is 58.8 Å². The minimum Gasteiger partial charge on any atom is -0.288 e. The maximum atomic E-state index is 12.9. The molecule has 2 heterocycles. The van der Waals surface area contributed by atoms with Gasteiger partial charge in [0, 0.05) is 11.3 Å². The van der Waals surface area contributed by atoms with E-state index in [4.69, 9.17) is 0 Å². The predicted octanol–water partition coefficient (Wildman–Crippen LogP) is 3.57. The number of halogens is 3. The second kappa shape index (κ2) is 4.58. The molecule has 21 heavy (non-hydrogen) atoms. The molecule has 0 aliphatic carbocycles. The van der Waals surface area contributed by atoms with Crippen LogP contribution in [0.15, 0.2) is 36.4 Å². The molecule has 3 nitrogen and oxygen atoms in total. The SMILES string of the molecule is Cc1cc(C(F)(F)F)cc(N2Cc3ccccc3C2=O)n1. The number of hydrogen-bond donors (Lipinski definition) is 0. The van der Waals surface area contributed by atoms with Crippen molar-refractivity contribution in [3.8, 4) is 0 Å². The maximum Gasteiger partial charge on any atom is 0.416 e. The first-order valence-corrected chi connectivity index (χ1v) is 6.32. The maximum absolute atomic E-state index is 12.9. The third kappa shape index (κ3) is 2.37. The van der Waals surface area contributed by atoms with Crippen LogP contribution in [0.1, 0.15) is 27.2 Å². The number of pyridine rings is 1. The number of anilines is 1. The first-order chi connectivity index (χ1) is 9.86. The molecule has 1 aliphatic heterocycles. The Labute approximate surface area is 119 Å². The van der Waals surface area contributed by atoms with E-state index in [1.807, 2.05) is 0 Å². The highest BCUT2D eigenvalue weighted by atomic mass is 19.4. The van der Waals surface area contributed by atoms with Crippen LogP contribution in [-0.4, -0.2) is 10.9 Å². The van der Waals surface area contributed by atoms with Gasteiger partial charge < -0.3 is 0 Å². The van der Waals surface area contributed by atoms with E-state index in [1.54, 1.807) is 24.3 Å². The normalized spacial score (nSPS) is 14.5. The number of nitrogens with zero attached hydrogens (tertiary/aromatic N) is 2. The van der Waals surface area contributed by atoms with Crippen LogP contribution >= 0.6 is 0 Å². The standard InChI is InChI=1S/C15H11F3N2O/c1-9-6-11(15(16,17)18)7-13(19-9)20-8-10-4-2-3-5-12(10)14(20)21/h2-7H,8H2,1H3. The van der Waals surface area contributed by atoms with Crippen molar-refractivity contribution in [2.75, 3.05) is 4.90 Å². The number of carbonyl (C=O) groups is 1. The van der Waals surface area contributed by atoms with Crippen molar-refractivity contribution >= 4 is 11.7 Å². The molecular weight excluding hydrogens is 281 g/mol. The smallest absolute Gasteiger partial charge is 0.288 e. The minimum absolute atomic E-state index is 0.0310. The fraction of sp³-hybridized carbons (Fsp3) is 0.200. The summed E-state index contributed by atoms with van der Waals surface area (Å²) in [7, 11) is 0. The Morgan fingerprint density at radius 2 is 1.90 bits per heavy atom. The van der Waals surface area contributed by atoms with Gasteiger partial charge in [0.1, 0.15) is 5.82 Å². The van der Waals surface area contributed by atoms with Gasteiger partial charge in [0.15, 0.2) is 0 Å². The molecule has 0 unspecified atom stereocenters. The molecule has 0 bridgehead atoms. The summed E-state index contributed by atoms with van der Waals surface area (Å²) >= 11 is 0. The zero-order valence-corrected chi connectivity index (χ0v) is 11.1. The van der Waals surface area contributed by atoms with E-state index in [2.05, 4.69) is 4.98 Å². The Balaban J connectivity index is 2.04. The van der Waals surface area contributed by atoms with Crippen LogP contribution in [0, 0.1) is 6.92 Å². The average Bonchev–Trinajstić information content (AvgIpc) is 2.75. The van der Waals surface area contributed by atoms with E-state index in [0.717, 1.165) is 17.7 Å². The monoisotopic (exact) mass is 292 g/mol. The number of aryl methyl sites for hydroxylation is 1. The lowest BCUT2D eigenvalue weighted by Gasteiger charge is -2.17. The van der Waals surface area contributed by atoms with Crippen molar-refractivity contribution in [3.63, 3.8) is 0 Å². The molecule has 0 atom stereocenters. The molecule has 0 N–H and O–H groups in total. The molecule has 3 rings (SSSR count). The van der Waals surface area contributed by atoms with Crippen molar-refractivity contribution in [1.82, 2.24) is 4.98 Å². The van der Waals surface area contributed by atoms with Crippen LogP contribution in [0.5, 0.6) is 0 Å². The summed E-state index contributed by atoms with van der Waals surface area (Å²) in [5, 5.41) is 0. The summed E-state index contributed by atoms with van der Waals surface area (Å²) < 4.78 is 38.6. The van der Waals surface area contributed by atoms with Crippen LogP contribution in [-0.2, 0) is 12.7 Å². The number of alkyl halides is 3. The second-order valence-electron chi connectivity index (χ2n) is 4.90. The lowest BCUT2D eigenvalue weighted by molar-refractivity contribution is -0.137. The molecule has 1 aromatic heterocycles. The van der Waals surface area contributed by atoms with Crippen LogP contribution in [0.3, 0.4) is 0 Å². The van der Waals surface area contributed by atoms with Crippen molar-refractivity contribution in [2.45, 2.75) is 19.6 Å². The van der Waals surface area contributed by atoms with E-state index in [9.17, 15) is 18.0 Å². The summed E-state index contributed by atoms with van der Waals surface area (Å²) in [6, 6.07) is 8.85. The summed E-state index contributed by atoms with van der Waals surface area (Å²) in [6.45, 7) is 1.72. The van der Waals surface area contributed by atoms with Crippen LogP contribution in [0.4, 0.5) is 19.0 Å².